The van der Waals surface area contributed by atoms with Crippen LogP contribution in [0.2, 0.25) is 6.82 Å². The van der Waals surface area contributed by atoms with Crippen LogP contribution < -0.4 is 0 Å². The van der Waals surface area contributed by atoms with Crippen molar-refractivity contribution in [2.24, 2.45) is 0 Å². The smallest absolute Gasteiger partial charge is 0.525 e. The molecule has 3 aliphatic rings. The number of hydrogen-bond donors (Lipinski definition) is 0. The van der Waals surface area contributed by atoms with Crippen LogP contribution in [-0.2, 0) is 122 Å². The molecule has 1 fully saturated rings. The first-order valence-corrected chi connectivity index (χ1v) is 27.0. The number of allylic oxidation sites excluding steroid dienone is 8. The fourth-order valence-electron chi connectivity index (χ4n) is 3.70. The normalized spacial score (nSPS) is 11.7. The predicted octanol–water partition coefficient (Wildman–Crippen LogP) is 16.7. The van der Waals surface area contributed by atoms with Gasteiger partial charge in [0, 0.05) is 98.1 Å². The summed E-state index contributed by atoms with van der Waals surface area (Å²) in [7, 11) is 14.8. The average molecular weight is 1220 g/mol. The minimum absolute atomic E-state index is 0. The van der Waals surface area contributed by atoms with Gasteiger partial charge in [0.2, 0.25) is 0 Å². The number of rotatable bonds is 2. The van der Waals surface area contributed by atoms with Gasteiger partial charge in [0.05, 0.1) is 23.8 Å². The maximum absolute atomic E-state index is 9.99. The molecule has 1 saturated heterocycles. The average Bonchev–Trinajstić information content (AvgIpc) is 4.10. The zero-order chi connectivity index (χ0) is 49.8. The molecular formula is C51H79AlBCl4O5Y3-3. The van der Waals surface area contributed by atoms with Crippen molar-refractivity contribution in [1.82, 2.24) is 0 Å². The summed E-state index contributed by atoms with van der Waals surface area (Å²) in [6.07, 6.45) is 22.6. The van der Waals surface area contributed by atoms with E-state index in [4.69, 9.17) is 44.3 Å². The minimum atomic E-state index is -1.72. The standard InChI is InChI=1S/2C8H7O.C7H15BO2.C7H8.2C5H6.5C2H6.CClO.Al.3ClH.3Y/c2*1-7-2-4-8(6-9)5-3-7;1-6(2)7(3,4)10-8(5)9-6;1-7-5-3-2-4-6-7;2*1-2-4-5-3-1;5*1-2;2-1-3;;;;;;;/h2*2-5H,1H3;1-5H3;2-6H,1H3;2*1-4H,5H2;5*1-2H3;;;3*1H;;;/q2*-1;;;;;;;;;;-1;+3;;;;;;/p-3. The van der Waals surface area contributed by atoms with E-state index in [0.29, 0.717) is 11.1 Å². The molecule has 0 bridgehead atoms. The van der Waals surface area contributed by atoms with Crippen LogP contribution in [0, 0.1) is 20.8 Å². The van der Waals surface area contributed by atoms with E-state index in [9.17, 15) is 9.59 Å². The summed E-state index contributed by atoms with van der Waals surface area (Å²) < 4.78 is 11.1. The van der Waals surface area contributed by atoms with Crippen molar-refractivity contribution >= 4 is 78.6 Å². The van der Waals surface area contributed by atoms with E-state index in [1.165, 1.54) is 5.56 Å². The SMILES string of the molecule is C1=CCC=C1.C1=CCC=C1.CB1OC(C)(C)C(C)(C)O1.CC.CC.CC.CC.CC.Cc1ccc([C-]=O)cc1.Cc1ccc([C-]=O)cc1.Cc1ccccc1.O=[C-]Cl.[Cl][Al]([Cl])[Cl].[Y].[Y].[Y]. The fraction of sp³-hybridized carbons (Fsp3) is 0.431. The van der Waals surface area contributed by atoms with E-state index < -0.39 is 11.4 Å². The summed E-state index contributed by atoms with van der Waals surface area (Å²) in [6.45, 7) is 36.2. The molecule has 3 aromatic rings. The number of halogens is 4. The molecule has 0 N–H and O–H groups in total. The molecule has 1 aliphatic heterocycles. The van der Waals surface area contributed by atoms with Crippen LogP contribution in [0.25, 0.3) is 0 Å². The second-order valence-electron chi connectivity index (χ2n) is 11.9. The number of hydrogen-bond acceptors (Lipinski definition) is 5. The Morgan fingerprint density at radius 2 is 0.708 bits per heavy atom. The Labute approximate surface area is 497 Å². The number of benzene rings is 3. The Kier molecular flexibility index (Phi) is 93.9. The first kappa shape index (κ1) is 88.6. The molecule has 359 valence electrons. The van der Waals surface area contributed by atoms with E-state index in [1.54, 1.807) is 36.8 Å². The van der Waals surface area contributed by atoms with Gasteiger partial charge in [0.1, 0.15) is 0 Å². The van der Waals surface area contributed by atoms with Gasteiger partial charge in [-0.2, -0.15) is 41.1 Å². The molecule has 1 heterocycles. The van der Waals surface area contributed by atoms with Crippen LogP contribution >= 0.6 is 41.7 Å². The Bertz CT molecular complexity index is 1390. The molecule has 3 radical (unpaired) electrons. The second-order valence-corrected chi connectivity index (χ2v) is 18.5. The zero-order valence-corrected chi connectivity index (χ0v) is 55.7. The summed E-state index contributed by atoms with van der Waals surface area (Å²) in [4.78, 5) is 28.4. The molecule has 2 aliphatic carbocycles. The van der Waals surface area contributed by atoms with Crippen molar-refractivity contribution in [2.45, 2.75) is 149 Å². The van der Waals surface area contributed by atoms with Crippen LogP contribution in [0.15, 0.2) is 127 Å². The Morgan fingerprint density at radius 1 is 0.492 bits per heavy atom. The van der Waals surface area contributed by atoms with E-state index in [-0.39, 0.29) is 116 Å². The third-order valence-electron chi connectivity index (χ3n) is 6.96. The molecule has 14 heteroatoms. The van der Waals surface area contributed by atoms with E-state index in [0.717, 1.165) is 29.7 Å². The van der Waals surface area contributed by atoms with E-state index >= 15 is 0 Å². The van der Waals surface area contributed by atoms with E-state index in [2.05, 4.69) is 107 Å². The van der Waals surface area contributed by atoms with Gasteiger partial charge >= 0.3 is 18.5 Å². The Balaban J connectivity index is -0.0000000654. The van der Waals surface area contributed by atoms with Crippen LogP contribution in [-0.4, -0.2) is 48.0 Å². The van der Waals surface area contributed by atoms with Crippen molar-refractivity contribution < 1.29 is 122 Å². The van der Waals surface area contributed by atoms with Gasteiger partial charge in [0.15, 0.2) is 0 Å². The predicted molar refractivity (Wildman–Crippen MR) is 282 cm³/mol. The molecule has 0 spiro atoms. The van der Waals surface area contributed by atoms with Crippen LogP contribution in [0.3, 0.4) is 0 Å². The topological polar surface area (TPSA) is 69.7 Å². The summed E-state index contributed by atoms with van der Waals surface area (Å²) in [5.74, 6) is 0.972. The maximum atomic E-state index is 9.99. The monoisotopic (exact) mass is 1220 g/mol. The van der Waals surface area contributed by atoms with Gasteiger partial charge in [-0.1, -0.05) is 165 Å². The molecule has 3 aromatic carbocycles. The number of carbonyl (C=O) groups excluding carboxylic acids is 3. The molecule has 65 heavy (non-hydrogen) atoms. The van der Waals surface area contributed by atoms with Gasteiger partial charge in [-0.15, -0.1) is 24.3 Å². The third-order valence-corrected chi connectivity index (χ3v) is 6.96. The van der Waals surface area contributed by atoms with Crippen molar-refractivity contribution in [1.29, 1.82) is 0 Å². The molecule has 5 nitrogen and oxygen atoms in total. The summed E-state index contributed by atoms with van der Waals surface area (Å²) >= 11 is 2.47. The van der Waals surface area contributed by atoms with Crippen molar-refractivity contribution in [3.05, 3.63) is 155 Å². The largest absolute Gasteiger partial charge is 0.643 e. The third kappa shape index (κ3) is 66.7. The molecule has 0 saturated carbocycles. The zero-order valence-electron chi connectivity index (χ0n) is 43.0. The molecule has 0 atom stereocenters. The van der Waals surface area contributed by atoms with Crippen molar-refractivity contribution in [3.63, 3.8) is 0 Å². The first-order chi connectivity index (χ1) is 29.5. The van der Waals surface area contributed by atoms with Crippen LogP contribution in [0.1, 0.15) is 138 Å². The van der Waals surface area contributed by atoms with Crippen LogP contribution in [0.5, 0.6) is 0 Å². The summed E-state index contributed by atoms with van der Waals surface area (Å²) in [5, 5.41) is 0. The van der Waals surface area contributed by atoms with Gasteiger partial charge < -0.3 is 35.3 Å². The molecule has 6 rings (SSSR count). The van der Waals surface area contributed by atoms with Crippen LogP contribution in [0.4, 0.5) is 0 Å². The first-order valence-electron chi connectivity index (χ1n) is 21.3. The summed E-state index contributed by atoms with van der Waals surface area (Å²) in [5.41, 5.74) is 4.55. The Hall–Kier alpha value is 0.619. The summed E-state index contributed by atoms with van der Waals surface area (Å²) in [6, 6.07) is 24.8. The molecule has 0 aromatic heterocycles. The minimum Gasteiger partial charge on any atom is -0.525 e. The van der Waals surface area contributed by atoms with Gasteiger partial charge in [-0.25, -0.2) is 30.1 Å². The fourth-order valence-corrected chi connectivity index (χ4v) is 3.70. The maximum Gasteiger partial charge on any atom is 0.643 e. The quantitative estimate of drug-likeness (QED) is 0.145. The second kappa shape index (κ2) is 68.9. The Morgan fingerprint density at radius 3 is 0.831 bits per heavy atom. The molecule has 0 amide bonds. The molecule has 0 unspecified atom stereocenters. The molecular weight excluding hydrogens is 1140 g/mol. The van der Waals surface area contributed by atoms with E-state index in [1.807, 2.05) is 132 Å². The van der Waals surface area contributed by atoms with Gasteiger partial charge in [-0.3, -0.25) is 0 Å². The van der Waals surface area contributed by atoms with Gasteiger partial charge in [-0.05, 0) is 68.1 Å². The number of aryl methyl sites for hydroxylation is 3. The van der Waals surface area contributed by atoms with Gasteiger partial charge in [0.25, 0.3) is 0 Å². The van der Waals surface area contributed by atoms with Crippen molar-refractivity contribution in [2.75, 3.05) is 0 Å². The van der Waals surface area contributed by atoms with Crippen molar-refractivity contribution in [3.8, 4) is 0 Å².